The molecule has 4 aromatic rings. The van der Waals surface area contributed by atoms with Gasteiger partial charge in [-0.1, -0.05) is 25.6 Å². The number of nitrogen functional groups attached to an aromatic ring is 1. The average molecular weight is 460 g/mol. The second kappa shape index (κ2) is 10.1. The minimum atomic E-state index is 0. The summed E-state index contributed by atoms with van der Waals surface area (Å²) in [6.07, 6.45) is 3.92. The monoisotopic (exact) mass is 459 g/mol. The zero-order chi connectivity index (χ0) is 23.7. The van der Waals surface area contributed by atoms with E-state index in [-0.39, 0.29) is 7.43 Å². The first-order valence-corrected chi connectivity index (χ1v) is 11.2. The van der Waals surface area contributed by atoms with E-state index >= 15 is 0 Å². The number of nitrogens with zero attached hydrogens (tertiary/aromatic N) is 5. The van der Waals surface area contributed by atoms with Crippen molar-refractivity contribution in [2.45, 2.75) is 21.3 Å². The molecule has 0 bridgehead atoms. The van der Waals surface area contributed by atoms with Crippen molar-refractivity contribution in [1.82, 2.24) is 19.4 Å². The largest absolute Gasteiger partial charge is 0.397 e. The Kier molecular flexibility index (Phi) is 7.47. The fraction of sp³-hybridized carbons (Fsp3) is 0.333. The summed E-state index contributed by atoms with van der Waals surface area (Å²) in [6.45, 7) is 6.07. The normalized spacial score (nSPS) is 11.0. The molecule has 180 valence electrons. The van der Waals surface area contributed by atoms with Crippen molar-refractivity contribution in [2.24, 2.45) is 7.05 Å². The van der Waals surface area contributed by atoms with E-state index in [4.69, 9.17) is 10.7 Å². The number of nitrogens with two attached hydrogens (primary N) is 1. The fourth-order valence-electron chi connectivity index (χ4n) is 4.21. The molecule has 0 spiro atoms. The van der Waals surface area contributed by atoms with Gasteiger partial charge in [0.05, 0.1) is 22.6 Å². The number of aryl methyl sites for hydroxylation is 3. The number of anilines is 4. The van der Waals surface area contributed by atoms with Crippen molar-refractivity contribution in [3.63, 3.8) is 0 Å². The maximum absolute atomic E-state index is 6.41. The van der Waals surface area contributed by atoms with E-state index in [1.807, 2.05) is 12.1 Å². The first-order chi connectivity index (χ1) is 15.7. The average Bonchev–Trinajstić information content (AvgIpc) is 3.12. The standard InChI is InChI=1S/C26H33N7.CH4/c1-17-8-7-9-19-20(16-33(6)25(17)19)22-10-11-28-26(29-22)30-23-15-21(27)24(14-18(23)2)32(5)13-12-31(3)4;/h7-11,14-16H,12-13,27H2,1-6H3,(H,28,29,30);1H4. The molecule has 2 heterocycles. The smallest absolute Gasteiger partial charge is 0.227 e. The predicted octanol–water partition coefficient (Wildman–Crippen LogP) is 5.21. The van der Waals surface area contributed by atoms with E-state index in [2.05, 4.69) is 97.2 Å². The molecule has 4 rings (SSSR count). The highest BCUT2D eigenvalue weighted by Gasteiger charge is 2.14. The number of hydrogen-bond donors (Lipinski definition) is 2. The van der Waals surface area contributed by atoms with Gasteiger partial charge in [-0.15, -0.1) is 0 Å². The summed E-state index contributed by atoms with van der Waals surface area (Å²) in [5, 5.41) is 4.56. The summed E-state index contributed by atoms with van der Waals surface area (Å²) < 4.78 is 2.16. The Labute approximate surface area is 203 Å². The maximum Gasteiger partial charge on any atom is 0.227 e. The zero-order valence-electron chi connectivity index (χ0n) is 20.3. The Bertz CT molecular complexity index is 1290. The van der Waals surface area contributed by atoms with Gasteiger partial charge in [-0.05, 0) is 57.3 Å². The van der Waals surface area contributed by atoms with Gasteiger partial charge in [0.1, 0.15) is 0 Å². The van der Waals surface area contributed by atoms with Gasteiger partial charge in [-0.3, -0.25) is 0 Å². The van der Waals surface area contributed by atoms with E-state index in [1.165, 1.54) is 16.5 Å². The number of benzene rings is 2. The molecule has 0 radical (unpaired) electrons. The van der Waals surface area contributed by atoms with Gasteiger partial charge in [-0.2, -0.15) is 0 Å². The molecule has 0 aliphatic heterocycles. The summed E-state index contributed by atoms with van der Waals surface area (Å²) in [6, 6.07) is 12.4. The minimum Gasteiger partial charge on any atom is -0.397 e. The Morgan fingerprint density at radius 3 is 2.53 bits per heavy atom. The van der Waals surface area contributed by atoms with Crippen LogP contribution in [0.4, 0.5) is 23.0 Å². The van der Waals surface area contributed by atoms with Gasteiger partial charge in [0.2, 0.25) is 5.95 Å². The first kappa shape index (κ1) is 25.1. The number of rotatable bonds is 7. The summed E-state index contributed by atoms with van der Waals surface area (Å²) >= 11 is 0. The van der Waals surface area contributed by atoms with Crippen molar-refractivity contribution in [2.75, 3.05) is 50.2 Å². The van der Waals surface area contributed by atoms with Crippen LogP contribution in [0.1, 0.15) is 18.6 Å². The van der Waals surface area contributed by atoms with Crippen molar-refractivity contribution in [1.29, 1.82) is 0 Å². The minimum absolute atomic E-state index is 0. The molecule has 7 nitrogen and oxygen atoms in total. The predicted molar refractivity (Wildman–Crippen MR) is 146 cm³/mol. The number of likely N-dealkylation sites (N-methyl/N-ethyl adjacent to an activating group) is 2. The van der Waals surface area contributed by atoms with Crippen LogP contribution >= 0.6 is 0 Å². The topological polar surface area (TPSA) is 75.2 Å². The van der Waals surface area contributed by atoms with E-state index in [0.717, 1.165) is 47.0 Å². The van der Waals surface area contributed by atoms with Crippen LogP contribution in [-0.2, 0) is 7.05 Å². The fourth-order valence-corrected chi connectivity index (χ4v) is 4.21. The molecular weight excluding hydrogens is 422 g/mol. The lowest BCUT2D eigenvalue weighted by molar-refractivity contribution is 0.416. The summed E-state index contributed by atoms with van der Waals surface area (Å²) in [4.78, 5) is 13.6. The van der Waals surface area contributed by atoms with Crippen molar-refractivity contribution >= 4 is 33.9 Å². The lowest BCUT2D eigenvalue weighted by Crippen LogP contribution is -2.29. The van der Waals surface area contributed by atoms with Gasteiger partial charge in [0.15, 0.2) is 0 Å². The quantitative estimate of drug-likeness (QED) is 0.370. The molecule has 2 aromatic carbocycles. The highest BCUT2D eigenvalue weighted by atomic mass is 15.2. The van der Waals surface area contributed by atoms with Gasteiger partial charge in [0.25, 0.3) is 0 Å². The molecule has 0 atom stereocenters. The lowest BCUT2D eigenvalue weighted by Gasteiger charge is -2.24. The maximum atomic E-state index is 6.41. The molecule has 2 aromatic heterocycles. The second-order valence-corrected chi connectivity index (χ2v) is 8.97. The van der Waals surface area contributed by atoms with Gasteiger partial charge >= 0.3 is 0 Å². The molecular formula is C27H37N7. The summed E-state index contributed by atoms with van der Waals surface area (Å²) in [5.74, 6) is 0.549. The van der Waals surface area contributed by atoms with Crippen molar-refractivity contribution in [3.05, 3.63) is 59.9 Å². The van der Waals surface area contributed by atoms with Crippen molar-refractivity contribution in [3.8, 4) is 11.3 Å². The SMILES string of the molecule is C.Cc1cc(N(C)CCN(C)C)c(N)cc1Nc1nccc(-c2cn(C)c3c(C)cccc23)n1. The zero-order valence-corrected chi connectivity index (χ0v) is 20.3. The number of hydrogen-bond acceptors (Lipinski definition) is 6. The lowest BCUT2D eigenvalue weighted by atomic mass is 10.1. The number of fused-ring (bicyclic) bond motifs is 1. The molecule has 0 saturated carbocycles. The Morgan fingerprint density at radius 2 is 1.79 bits per heavy atom. The van der Waals surface area contributed by atoms with Crippen LogP contribution in [0.5, 0.6) is 0 Å². The molecule has 0 aliphatic rings. The Balaban J connectivity index is 0.00000324. The van der Waals surface area contributed by atoms with Crippen LogP contribution in [0.3, 0.4) is 0 Å². The highest BCUT2D eigenvalue weighted by molar-refractivity contribution is 5.96. The van der Waals surface area contributed by atoms with Gasteiger partial charge < -0.3 is 25.4 Å². The molecule has 0 fully saturated rings. The number of nitrogens with one attached hydrogen (secondary N) is 1. The van der Waals surface area contributed by atoms with E-state index < -0.39 is 0 Å². The van der Waals surface area contributed by atoms with Crippen LogP contribution in [-0.4, -0.2) is 53.7 Å². The van der Waals surface area contributed by atoms with E-state index in [1.54, 1.807) is 6.20 Å². The second-order valence-electron chi connectivity index (χ2n) is 8.97. The first-order valence-electron chi connectivity index (χ1n) is 11.2. The van der Waals surface area contributed by atoms with Crippen LogP contribution in [0, 0.1) is 13.8 Å². The third-order valence-corrected chi connectivity index (χ3v) is 6.05. The third kappa shape index (κ3) is 4.99. The van der Waals surface area contributed by atoms with Crippen LogP contribution in [0.25, 0.3) is 22.2 Å². The van der Waals surface area contributed by atoms with E-state index in [9.17, 15) is 0 Å². The molecule has 0 aliphatic carbocycles. The summed E-state index contributed by atoms with van der Waals surface area (Å²) in [5.41, 5.74) is 14.6. The molecule has 0 saturated heterocycles. The number of para-hydroxylation sites is 1. The molecule has 7 heteroatoms. The Morgan fingerprint density at radius 1 is 1.03 bits per heavy atom. The molecule has 3 N–H and O–H groups in total. The van der Waals surface area contributed by atoms with Crippen LogP contribution < -0.4 is 16.0 Å². The molecule has 0 unspecified atom stereocenters. The van der Waals surface area contributed by atoms with Gasteiger partial charge in [-0.25, -0.2) is 9.97 Å². The molecule has 0 amide bonds. The van der Waals surface area contributed by atoms with Crippen LogP contribution in [0.2, 0.25) is 0 Å². The Hall–Kier alpha value is -3.58. The van der Waals surface area contributed by atoms with Crippen LogP contribution in [0.15, 0.2) is 48.8 Å². The van der Waals surface area contributed by atoms with E-state index in [0.29, 0.717) is 5.95 Å². The number of aromatic nitrogens is 3. The summed E-state index contributed by atoms with van der Waals surface area (Å²) in [7, 11) is 8.29. The third-order valence-electron chi connectivity index (χ3n) is 6.05. The highest BCUT2D eigenvalue weighted by Crippen LogP contribution is 2.33. The molecule has 34 heavy (non-hydrogen) atoms. The van der Waals surface area contributed by atoms with Gasteiger partial charge in [0, 0.05) is 56.2 Å². The van der Waals surface area contributed by atoms with Crippen molar-refractivity contribution < 1.29 is 0 Å².